The number of allylic oxidation sites excluding steroid dienone is 1. The van der Waals surface area contributed by atoms with E-state index in [1.165, 1.54) is 0 Å². The molecule has 0 aliphatic heterocycles. The summed E-state index contributed by atoms with van der Waals surface area (Å²) in [5, 5.41) is 0.205. The smallest absolute Gasteiger partial charge is 0.155 e. The minimum absolute atomic E-state index is 0.205. The van der Waals surface area contributed by atoms with Gasteiger partial charge in [0.05, 0.1) is 0 Å². The number of alkyl halides is 7. The second-order valence-electron chi connectivity index (χ2n) is 2.17. The van der Waals surface area contributed by atoms with Crippen LogP contribution >= 0.6 is 15.9 Å². The van der Waals surface area contributed by atoms with Crippen LogP contribution in [-0.2, 0) is 0 Å². The molecule has 0 saturated carbocycles. The summed E-state index contributed by atoms with van der Waals surface area (Å²) in [7, 11) is 0. The fourth-order valence-corrected chi connectivity index (χ4v) is 0.858. The number of nitrogens with zero attached hydrogens (tertiary/aromatic N) is 1. The lowest BCUT2D eigenvalue weighted by Crippen LogP contribution is -2.47. The van der Waals surface area contributed by atoms with Gasteiger partial charge in [-0.3, -0.25) is 0 Å². The molecular weight excluding hydrogens is 280 g/mol. The molecule has 0 rings (SSSR count). The van der Waals surface area contributed by atoms with E-state index in [0.29, 0.717) is 0 Å². The quantitative estimate of drug-likeness (QED) is 0.333. The molecule has 0 fully saturated rings. The lowest BCUT2D eigenvalue weighted by Gasteiger charge is -2.25. The molecule has 0 aromatic heterocycles. The van der Waals surface area contributed by atoms with Crippen LogP contribution in [0, 0.1) is 0 Å². The van der Waals surface area contributed by atoms with Crippen LogP contribution in [0.1, 0.15) is 0 Å². The Morgan fingerprint density at radius 3 is 1.64 bits per heavy atom. The zero-order valence-electron chi connectivity index (χ0n) is 6.66. The Hall–Kier alpha value is -0.240. The summed E-state index contributed by atoms with van der Waals surface area (Å²) in [5.41, 5.74) is 0. The van der Waals surface area contributed by atoms with Gasteiger partial charge in [0.25, 0.3) is 0 Å². The van der Waals surface area contributed by atoms with Gasteiger partial charge in [-0.1, -0.05) is 28.1 Å². The summed E-state index contributed by atoms with van der Waals surface area (Å²) >= 11 is 2.83. The maximum atomic E-state index is 11.8. The lowest BCUT2D eigenvalue weighted by atomic mass is 10.5. The van der Waals surface area contributed by atoms with Gasteiger partial charge in [-0.2, -0.15) is 26.3 Å². The molecule has 0 heterocycles. The van der Waals surface area contributed by atoms with Crippen molar-refractivity contribution in [2.75, 3.05) is 11.9 Å². The molecule has 8 heteroatoms. The van der Waals surface area contributed by atoms with Crippen molar-refractivity contribution in [3.05, 3.63) is 12.2 Å². The summed E-state index contributed by atoms with van der Waals surface area (Å²) < 4.78 is 70.8. The van der Waals surface area contributed by atoms with E-state index in [-0.39, 0.29) is 5.33 Å². The summed E-state index contributed by atoms with van der Waals surface area (Å²) in [4.78, 5) is -1.50. The van der Waals surface area contributed by atoms with Gasteiger partial charge in [0.1, 0.15) is 0 Å². The molecule has 0 radical (unpaired) electrons. The molecule has 0 aromatic rings. The van der Waals surface area contributed by atoms with Crippen LogP contribution < -0.4 is 0 Å². The molecule has 0 spiro atoms. The second kappa shape index (κ2) is 5.01. The molecule has 84 valence electrons. The summed E-state index contributed by atoms with van der Waals surface area (Å²) in [5.74, 6) is 0. The maximum Gasteiger partial charge on any atom is 0.467 e. The molecular formula is C6H6BrF6N. The standard InChI is InChI=1S/C6H6BrF6N/c7-3-1-2-4-14(5(8,9)10)6(11,12)13/h1-2H,3-4H2/b2-1+. The van der Waals surface area contributed by atoms with Gasteiger partial charge in [0, 0.05) is 11.9 Å². The van der Waals surface area contributed by atoms with Crippen molar-refractivity contribution in [3.63, 3.8) is 0 Å². The second-order valence-corrected chi connectivity index (χ2v) is 2.82. The third-order valence-electron chi connectivity index (χ3n) is 1.16. The molecule has 0 unspecified atom stereocenters. The van der Waals surface area contributed by atoms with Crippen LogP contribution in [0.15, 0.2) is 12.2 Å². The van der Waals surface area contributed by atoms with Gasteiger partial charge in [-0.05, 0) is 0 Å². The minimum Gasteiger partial charge on any atom is -0.155 e. The Morgan fingerprint density at radius 2 is 1.36 bits per heavy atom. The van der Waals surface area contributed by atoms with Crippen LogP contribution in [0.25, 0.3) is 0 Å². The van der Waals surface area contributed by atoms with Crippen molar-refractivity contribution in [3.8, 4) is 0 Å². The molecule has 1 nitrogen and oxygen atoms in total. The van der Waals surface area contributed by atoms with Crippen LogP contribution in [0.2, 0.25) is 0 Å². The average Bonchev–Trinajstić information content (AvgIpc) is 1.92. The highest BCUT2D eigenvalue weighted by Gasteiger charge is 2.52. The average molecular weight is 286 g/mol. The maximum absolute atomic E-state index is 11.8. The van der Waals surface area contributed by atoms with Gasteiger partial charge >= 0.3 is 12.6 Å². The number of hydrogen-bond acceptors (Lipinski definition) is 1. The van der Waals surface area contributed by atoms with Gasteiger partial charge < -0.3 is 0 Å². The first-order valence-corrected chi connectivity index (χ1v) is 4.44. The predicted octanol–water partition coefficient (Wildman–Crippen LogP) is 3.28. The van der Waals surface area contributed by atoms with E-state index in [4.69, 9.17) is 0 Å². The Bertz CT molecular complexity index is 181. The van der Waals surface area contributed by atoms with Crippen LogP contribution in [0.5, 0.6) is 0 Å². The van der Waals surface area contributed by atoms with Crippen molar-refractivity contribution < 1.29 is 26.3 Å². The largest absolute Gasteiger partial charge is 0.467 e. The van der Waals surface area contributed by atoms with Gasteiger partial charge in [0.2, 0.25) is 0 Å². The van der Waals surface area contributed by atoms with Gasteiger partial charge in [-0.15, -0.1) is 4.90 Å². The Morgan fingerprint density at radius 1 is 0.929 bits per heavy atom. The monoisotopic (exact) mass is 285 g/mol. The third kappa shape index (κ3) is 4.85. The molecule has 0 aliphatic carbocycles. The number of rotatable bonds is 3. The predicted molar refractivity (Wildman–Crippen MR) is 41.8 cm³/mol. The summed E-state index contributed by atoms with van der Waals surface area (Å²) in [6.07, 6.45) is -8.87. The minimum atomic E-state index is -5.41. The molecule has 0 bridgehead atoms. The summed E-state index contributed by atoms with van der Waals surface area (Å²) in [6, 6.07) is 0. The van der Waals surface area contributed by atoms with Crippen molar-refractivity contribution in [2.45, 2.75) is 12.6 Å². The number of halogens is 7. The van der Waals surface area contributed by atoms with E-state index >= 15 is 0 Å². The topological polar surface area (TPSA) is 3.24 Å². The lowest BCUT2D eigenvalue weighted by molar-refractivity contribution is -0.369. The molecule has 0 amide bonds. The third-order valence-corrected chi connectivity index (χ3v) is 1.53. The molecule has 0 atom stereocenters. The number of hydrogen-bond donors (Lipinski definition) is 0. The van der Waals surface area contributed by atoms with E-state index in [1.54, 1.807) is 0 Å². The Labute approximate surface area is 84.5 Å². The first-order valence-electron chi connectivity index (χ1n) is 3.31. The zero-order valence-corrected chi connectivity index (χ0v) is 8.25. The van der Waals surface area contributed by atoms with E-state index in [1.807, 2.05) is 0 Å². The molecule has 0 N–H and O–H groups in total. The SMILES string of the molecule is FC(F)(F)N(C/C=C/CBr)C(F)(F)F. The fraction of sp³-hybridized carbons (Fsp3) is 0.667. The van der Waals surface area contributed by atoms with Crippen LogP contribution in [0.4, 0.5) is 26.3 Å². The van der Waals surface area contributed by atoms with E-state index in [2.05, 4.69) is 15.9 Å². The molecule has 0 aliphatic rings. The van der Waals surface area contributed by atoms with Gasteiger partial charge in [0.15, 0.2) is 0 Å². The zero-order chi connectivity index (χ0) is 11.4. The highest BCUT2D eigenvalue weighted by Crippen LogP contribution is 2.32. The molecule has 0 saturated heterocycles. The molecule has 0 aromatic carbocycles. The highest BCUT2D eigenvalue weighted by atomic mass is 79.9. The Balaban J connectivity index is 4.51. The molecule has 14 heavy (non-hydrogen) atoms. The van der Waals surface area contributed by atoms with E-state index in [9.17, 15) is 26.3 Å². The van der Waals surface area contributed by atoms with Crippen molar-refractivity contribution in [2.24, 2.45) is 0 Å². The van der Waals surface area contributed by atoms with Crippen molar-refractivity contribution >= 4 is 15.9 Å². The van der Waals surface area contributed by atoms with E-state index < -0.39 is 24.0 Å². The first-order chi connectivity index (χ1) is 6.19. The Kier molecular flexibility index (Phi) is 4.93. The van der Waals surface area contributed by atoms with Crippen molar-refractivity contribution in [1.82, 2.24) is 4.90 Å². The fourth-order valence-electron chi connectivity index (χ4n) is 0.594. The van der Waals surface area contributed by atoms with Crippen LogP contribution in [-0.4, -0.2) is 29.4 Å². The summed E-state index contributed by atoms with van der Waals surface area (Å²) in [6.45, 7) is -1.24. The normalized spacial score (nSPS) is 14.3. The first kappa shape index (κ1) is 13.8. The van der Waals surface area contributed by atoms with Gasteiger partial charge in [-0.25, -0.2) is 0 Å². The van der Waals surface area contributed by atoms with Crippen molar-refractivity contribution in [1.29, 1.82) is 0 Å². The van der Waals surface area contributed by atoms with Crippen LogP contribution in [0.3, 0.4) is 0 Å². The van der Waals surface area contributed by atoms with E-state index in [0.717, 1.165) is 12.2 Å². The highest BCUT2D eigenvalue weighted by molar-refractivity contribution is 9.09.